The molecule has 70 valence electrons. The van der Waals surface area contributed by atoms with Crippen molar-refractivity contribution in [1.29, 1.82) is 0 Å². The van der Waals surface area contributed by atoms with Crippen LogP contribution < -0.4 is 0 Å². The van der Waals surface area contributed by atoms with Crippen molar-refractivity contribution in [3.63, 3.8) is 0 Å². The molecule has 0 aromatic rings. The minimum Gasteiger partial charge on any atom is -0.375 e. The van der Waals surface area contributed by atoms with Gasteiger partial charge in [-0.2, -0.15) is 0 Å². The van der Waals surface area contributed by atoms with Gasteiger partial charge < -0.3 is 4.74 Å². The first-order valence-corrected chi connectivity index (χ1v) is 5.19. The summed E-state index contributed by atoms with van der Waals surface area (Å²) in [6.45, 7) is 8.02. The molecule has 0 N–H and O–H groups in total. The standard InChI is InChI=1S/C11H20O/c1-10(2,3)9-8-11(9)6-4-5-7-12-11/h9H,4-8H2,1-3H3. The highest BCUT2D eigenvalue weighted by Gasteiger charge is 2.60. The molecule has 1 spiro atoms. The summed E-state index contributed by atoms with van der Waals surface area (Å²) in [5.41, 5.74) is 0.786. The Morgan fingerprint density at radius 2 is 2.00 bits per heavy atom. The Hall–Kier alpha value is -0.0400. The maximum Gasteiger partial charge on any atom is 0.0720 e. The second-order valence-corrected chi connectivity index (χ2v) is 5.49. The van der Waals surface area contributed by atoms with E-state index >= 15 is 0 Å². The van der Waals surface area contributed by atoms with E-state index in [1.807, 2.05) is 0 Å². The van der Waals surface area contributed by atoms with Gasteiger partial charge in [-0.15, -0.1) is 0 Å². The number of ether oxygens (including phenoxy) is 1. The van der Waals surface area contributed by atoms with Gasteiger partial charge in [0, 0.05) is 6.61 Å². The van der Waals surface area contributed by atoms with Crippen LogP contribution in [0.4, 0.5) is 0 Å². The fourth-order valence-electron chi connectivity index (χ4n) is 2.69. The van der Waals surface area contributed by atoms with Gasteiger partial charge in [0.25, 0.3) is 0 Å². The van der Waals surface area contributed by atoms with Gasteiger partial charge in [0.15, 0.2) is 0 Å². The fourth-order valence-corrected chi connectivity index (χ4v) is 2.69. The SMILES string of the molecule is CC(C)(C)C1CC12CCCCO2. The van der Waals surface area contributed by atoms with E-state index in [1.54, 1.807) is 0 Å². The van der Waals surface area contributed by atoms with Crippen LogP contribution in [0.15, 0.2) is 0 Å². The summed E-state index contributed by atoms with van der Waals surface area (Å²) < 4.78 is 5.92. The summed E-state index contributed by atoms with van der Waals surface area (Å²) in [5, 5.41) is 0. The molecule has 0 aromatic heterocycles. The van der Waals surface area contributed by atoms with Gasteiger partial charge in [0.05, 0.1) is 5.60 Å². The highest BCUT2D eigenvalue weighted by atomic mass is 16.5. The van der Waals surface area contributed by atoms with Crippen LogP contribution in [-0.2, 0) is 4.74 Å². The molecule has 1 heterocycles. The lowest BCUT2D eigenvalue weighted by atomic mass is 9.86. The van der Waals surface area contributed by atoms with Crippen molar-refractivity contribution in [1.82, 2.24) is 0 Å². The summed E-state index contributed by atoms with van der Waals surface area (Å²) in [5.74, 6) is 0.824. The van der Waals surface area contributed by atoms with E-state index in [0.29, 0.717) is 11.0 Å². The normalized spacial score (nSPS) is 41.8. The van der Waals surface area contributed by atoms with Crippen molar-refractivity contribution < 1.29 is 4.74 Å². The van der Waals surface area contributed by atoms with Crippen molar-refractivity contribution in [2.45, 2.75) is 52.1 Å². The molecule has 0 amide bonds. The van der Waals surface area contributed by atoms with Gasteiger partial charge in [-0.25, -0.2) is 0 Å². The molecule has 1 nitrogen and oxygen atoms in total. The van der Waals surface area contributed by atoms with Crippen molar-refractivity contribution in [3.05, 3.63) is 0 Å². The predicted octanol–water partition coefficient (Wildman–Crippen LogP) is 2.99. The van der Waals surface area contributed by atoms with E-state index in [-0.39, 0.29) is 0 Å². The molecular weight excluding hydrogens is 148 g/mol. The summed E-state index contributed by atoms with van der Waals surface area (Å²) >= 11 is 0. The van der Waals surface area contributed by atoms with Crippen molar-refractivity contribution in [2.75, 3.05) is 6.61 Å². The summed E-state index contributed by atoms with van der Waals surface area (Å²) in [4.78, 5) is 0. The van der Waals surface area contributed by atoms with Crippen LogP contribution in [-0.4, -0.2) is 12.2 Å². The lowest BCUT2D eigenvalue weighted by Gasteiger charge is -2.28. The molecule has 1 saturated carbocycles. The minimum absolute atomic E-state index is 0.330. The first-order valence-electron chi connectivity index (χ1n) is 5.19. The Balaban J connectivity index is 1.99. The molecule has 12 heavy (non-hydrogen) atoms. The van der Waals surface area contributed by atoms with E-state index < -0.39 is 0 Å². The van der Waals surface area contributed by atoms with Crippen LogP contribution in [0.5, 0.6) is 0 Å². The van der Waals surface area contributed by atoms with Crippen LogP contribution in [0, 0.1) is 11.3 Å². The van der Waals surface area contributed by atoms with Crippen LogP contribution in [0.3, 0.4) is 0 Å². The highest BCUT2D eigenvalue weighted by molar-refractivity contribution is 5.10. The first-order chi connectivity index (χ1) is 5.55. The second kappa shape index (κ2) is 2.47. The zero-order valence-electron chi connectivity index (χ0n) is 8.52. The van der Waals surface area contributed by atoms with Gasteiger partial charge in [-0.05, 0) is 37.0 Å². The zero-order chi connectivity index (χ0) is 8.82. The quantitative estimate of drug-likeness (QED) is 0.540. The second-order valence-electron chi connectivity index (χ2n) is 5.49. The Morgan fingerprint density at radius 3 is 2.42 bits per heavy atom. The number of hydrogen-bond acceptors (Lipinski definition) is 1. The molecule has 1 aliphatic heterocycles. The molecular formula is C11H20O. The third-order valence-electron chi connectivity index (χ3n) is 3.45. The van der Waals surface area contributed by atoms with Gasteiger partial charge in [0.1, 0.15) is 0 Å². The molecule has 1 saturated heterocycles. The summed E-state index contributed by atoms with van der Waals surface area (Å²) in [6, 6.07) is 0. The molecule has 2 aliphatic rings. The fraction of sp³-hybridized carbons (Fsp3) is 1.00. The lowest BCUT2D eigenvalue weighted by molar-refractivity contribution is -0.0275. The van der Waals surface area contributed by atoms with Crippen molar-refractivity contribution in [2.24, 2.45) is 11.3 Å². The first kappa shape index (κ1) is 8.55. The van der Waals surface area contributed by atoms with E-state index in [9.17, 15) is 0 Å². The van der Waals surface area contributed by atoms with Crippen LogP contribution in [0.25, 0.3) is 0 Å². The van der Waals surface area contributed by atoms with Crippen LogP contribution >= 0.6 is 0 Å². The van der Waals surface area contributed by atoms with E-state index in [0.717, 1.165) is 12.5 Å². The Morgan fingerprint density at radius 1 is 1.25 bits per heavy atom. The van der Waals surface area contributed by atoms with E-state index in [1.165, 1.54) is 25.7 Å². The molecule has 2 rings (SSSR count). The third kappa shape index (κ3) is 1.28. The maximum absolute atomic E-state index is 5.92. The molecule has 0 radical (unpaired) electrons. The highest BCUT2D eigenvalue weighted by Crippen LogP contribution is 2.59. The van der Waals surface area contributed by atoms with Gasteiger partial charge in [-0.3, -0.25) is 0 Å². The average Bonchev–Trinajstić information content (AvgIpc) is 2.65. The predicted molar refractivity (Wildman–Crippen MR) is 50.1 cm³/mol. The van der Waals surface area contributed by atoms with Crippen molar-refractivity contribution >= 4 is 0 Å². The molecule has 0 aromatic carbocycles. The molecule has 0 bridgehead atoms. The van der Waals surface area contributed by atoms with Gasteiger partial charge in [-0.1, -0.05) is 20.8 Å². The third-order valence-corrected chi connectivity index (χ3v) is 3.45. The van der Waals surface area contributed by atoms with Crippen LogP contribution in [0.1, 0.15) is 46.5 Å². The van der Waals surface area contributed by atoms with Crippen LogP contribution in [0.2, 0.25) is 0 Å². The van der Waals surface area contributed by atoms with Gasteiger partial charge in [0.2, 0.25) is 0 Å². The Kier molecular flexibility index (Phi) is 1.76. The molecule has 2 fully saturated rings. The smallest absolute Gasteiger partial charge is 0.0720 e. The van der Waals surface area contributed by atoms with Gasteiger partial charge >= 0.3 is 0 Å². The maximum atomic E-state index is 5.92. The average molecular weight is 168 g/mol. The Labute approximate surface area is 75.5 Å². The monoisotopic (exact) mass is 168 g/mol. The Bertz CT molecular complexity index is 172. The number of rotatable bonds is 0. The van der Waals surface area contributed by atoms with E-state index in [4.69, 9.17) is 4.74 Å². The molecule has 1 aliphatic carbocycles. The molecule has 1 heteroatoms. The summed E-state index contributed by atoms with van der Waals surface area (Å²) in [7, 11) is 0. The number of hydrogen-bond donors (Lipinski definition) is 0. The largest absolute Gasteiger partial charge is 0.375 e. The molecule has 2 atom stereocenters. The lowest BCUT2D eigenvalue weighted by Crippen LogP contribution is -2.27. The zero-order valence-corrected chi connectivity index (χ0v) is 8.52. The van der Waals surface area contributed by atoms with E-state index in [2.05, 4.69) is 20.8 Å². The summed E-state index contributed by atoms with van der Waals surface area (Å²) in [6.07, 6.45) is 5.29. The topological polar surface area (TPSA) is 9.23 Å². The molecule has 2 unspecified atom stereocenters. The minimum atomic E-state index is 0.330. The van der Waals surface area contributed by atoms with Crippen molar-refractivity contribution in [3.8, 4) is 0 Å².